The number of aliphatic hydroxyl groups excluding tert-OH is 1. The molecule has 0 aliphatic carbocycles. The van der Waals surface area contributed by atoms with Gasteiger partial charge in [-0.25, -0.2) is 4.98 Å². The van der Waals surface area contributed by atoms with Crippen molar-refractivity contribution in [1.29, 1.82) is 0 Å². The number of benzene rings is 1. The van der Waals surface area contributed by atoms with Crippen LogP contribution < -0.4 is 10.2 Å². The van der Waals surface area contributed by atoms with E-state index in [4.69, 9.17) is 5.11 Å². The van der Waals surface area contributed by atoms with Crippen LogP contribution in [0.2, 0.25) is 0 Å². The lowest BCUT2D eigenvalue weighted by Crippen LogP contribution is -2.20. The van der Waals surface area contributed by atoms with Crippen LogP contribution in [0.5, 0.6) is 0 Å². The van der Waals surface area contributed by atoms with E-state index in [-0.39, 0.29) is 12.0 Å². The highest BCUT2D eigenvalue weighted by Crippen LogP contribution is 2.26. The van der Waals surface area contributed by atoms with Gasteiger partial charge in [0, 0.05) is 35.8 Å². The van der Waals surface area contributed by atoms with Gasteiger partial charge < -0.3 is 15.3 Å². The lowest BCUT2D eigenvalue weighted by atomic mass is 9.98. The Morgan fingerprint density at radius 3 is 2.45 bits per heavy atom. The molecule has 22 heavy (non-hydrogen) atoms. The van der Waals surface area contributed by atoms with Gasteiger partial charge in [0.1, 0.15) is 0 Å². The highest BCUT2D eigenvalue weighted by atomic mass is 32.1. The lowest BCUT2D eigenvalue weighted by Gasteiger charge is -2.18. The van der Waals surface area contributed by atoms with E-state index < -0.39 is 0 Å². The number of hydrogen-bond donors (Lipinski definition) is 2. The highest BCUT2D eigenvalue weighted by molar-refractivity contribution is 7.09. The molecule has 4 nitrogen and oxygen atoms in total. The van der Waals surface area contributed by atoms with Gasteiger partial charge in [0.2, 0.25) is 0 Å². The number of thiazole rings is 1. The molecule has 0 unspecified atom stereocenters. The summed E-state index contributed by atoms with van der Waals surface area (Å²) in [5.74, 6) is 0. The molecule has 2 N–H and O–H groups in total. The monoisotopic (exact) mass is 319 g/mol. The molecule has 1 aromatic carbocycles. The number of nitrogens with zero attached hydrogens (tertiary/aromatic N) is 2. The Bertz CT molecular complexity index is 587. The van der Waals surface area contributed by atoms with Crippen molar-refractivity contribution >= 4 is 22.7 Å². The van der Waals surface area contributed by atoms with Gasteiger partial charge in [-0.05, 0) is 24.3 Å². The smallest absolute Gasteiger partial charge is 0.0982 e. The summed E-state index contributed by atoms with van der Waals surface area (Å²) in [6.45, 7) is 8.09. The zero-order valence-corrected chi connectivity index (χ0v) is 14.6. The molecule has 1 heterocycles. The molecule has 0 radical (unpaired) electrons. The van der Waals surface area contributed by atoms with E-state index in [2.05, 4.69) is 60.7 Å². The minimum absolute atomic E-state index is 0.113. The van der Waals surface area contributed by atoms with Crippen LogP contribution >= 0.6 is 11.3 Å². The summed E-state index contributed by atoms with van der Waals surface area (Å²) in [4.78, 5) is 6.71. The maximum Gasteiger partial charge on any atom is 0.0982 e. The van der Waals surface area contributed by atoms with Crippen molar-refractivity contribution in [2.45, 2.75) is 32.7 Å². The number of anilines is 2. The van der Waals surface area contributed by atoms with E-state index in [0.717, 1.165) is 23.6 Å². The first-order chi connectivity index (χ1) is 10.4. The Hall–Kier alpha value is -1.59. The van der Waals surface area contributed by atoms with Crippen LogP contribution in [0.25, 0.3) is 0 Å². The molecule has 120 valence electrons. The molecule has 0 fully saturated rings. The van der Waals surface area contributed by atoms with E-state index in [1.165, 1.54) is 5.01 Å². The van der Waals surface area contributed by atoms with Crippen LogP contribution in [0.4, 0.5) is 11.4 Å². The highest BCUT2D eigenvalue weighted by Gasteiger charge is 2.17. The predicted molar refractivity (Wildman–Crippen MR) is 94.9 cm³/mol. The van der Waals surface area contributed by atoms with Crippen LogP contribution in [0.3, 0.4) is 0 Å². The number of hydrogen-bond acceptors (Lipinski definition) is 5. The Labute approximate surface area is 136 Å². The zero-order chi connectivity index (χ0) is 16.2. The molecule has 0 amide bonds. The van der Waals surface area contributed by atoms with Crippen LogP contribution in [-0.4, -0.2) is 30.3 Å². The number of rotatable bonds is 6. The third kappa shape index (κ3) is 4.45. The Morgan fingerprint density at radius 2 is 1.91 bits per heavy atom. The van der Waals surface area contributed by atoms with Crippen LogP contribution in [0, 0.1) is 0 Å². The van der Waals surface area contributed by atoms with Crippen molar-refractivity contribution in [3.8, 4) is 0 Å². The van der Waals surface area contributed by atoms with Gasteiger partial charge in [0.15, 0.2) is 0 Å². The largest absolute Gasteiger partial charge is 0.395 e. The minimum atomic E-state index is 0.113. The van der Waals surface area contributed by atoms with E-state index in [9.17, 15) is 0 Å². The summed E-state index contributed by atoms with van der Waals surface area (Å²) in [5.41, 5.74) is 3.37. The minimum Gasteiger partial charge on any atom is -0.395 e. The van der Waals surface area contributed by atoms with Crippen LogP contribution in [0.1, 0.15) is 31.5 Å². The van der Waals surface area contributed by atoms with E-state index >= 15 is 0 Å². The Kier molecular flexibility index (Phi) is 5.42. The quantitative estimate of drug-likeness (QED) is 0.856. The normalized spacial score (nSPS) is 11.5. The van der Waals surface area contributed by atoms with E-state index in [0.29, 0.717) is 6.54 Å². The van der Waals surface area contributed by atoms with Crippen molar-refractivity contribution in [2.24, 2.45) is 0 Å². The van der Waals surface area contributed by atoms with Crippen molar-refractivity contribution in [2.75, 3.05) is 30.4 Å². The molecule has 0 saturated carbocycles. The molecule has 0 atom stereocenters. The third-order valence-electron chi connectivity index (χ3n) is 3.41. The molecule has 0 bridgehead atoms. The fourth-order valence-corrected chi connectivity index (χ4v) is 2.95. The van der Waals surface area contributed by atoms with Gasteiger partial charge in [0.05, 0.1) is 23.9 Å². The SMILES string of the molecule is CN(CCO)c1ccc(NCc2csc(C(C)(C)C)n2)cc1. The van der Waals surface area contributed by atoms with E-state index in [1.807, 2.05) is 11.9 Å². The summed E-state index contributed by atoms with van der Waals surface area (Å²) in [6.07, 6.45) is 0. The molecule has 1 aromatic heterocycles. The maximum atomic E-state index is 8.96. The number of likely N-dealkylation sites (N-methyl/N-ethyl adjacent to an activating group) is 1. The zero-order valence-electron chi connectivity index (χ0n) is 13.8. The topological polar surface area (TPSA) is 48.4 Å². The first-order valence-corrected chi connectivity index (χ1v) is 8.39. The number of nitrogens with one attached hydrogen (secondary N) is 1. The van der Waals surface area contributed by atoms with Gasteiger partial charge in [-0.2, -0.15) is 0 Å². The maximum absolute atomic E-state index is 8.96. The average Bonchev–Trinajstić information content (AvgIpc) is 2.95. The molecule has 5 heteroatoms. The molecular formula is C17H25N3OS. The van der Waals surface area contributed by atoms with Crippen LogP contribution in [-0.2, 0) is 12.0 Å². The van der Waals surface area contributed by atoms with Gasteiger partial charge >= 0.3 is 0 Å². The van der Waals surface area contributed by atoms with Gasteiger partial charge in [-0.1, -0.05) is 20.8 Å². The first-order valence-electron chi connectivity index (χ1n) is 7.51. The number of aliphatic hydroxyl groups is 1. The summed E-state index contributed by atoms with van der Waals surface area (Å²) in [5, 5.41) is 15.7. The van der Waals surface area contributed by atoms with Crippen LogP contribution in [0.15, 0.2) is 29.6 Å². The molecule has 2 rings (SSSR count). The van der Waals surface area contributed by atoms with E-state index in [1.54, 1.807) is 11.3 Å². The Morgan fingerprint density at radius 1 is 1.23 bits per heavy atom. The average molecular weight is 319 g/mol. The molecule has 0 aliphatic rings. The van der Waals surface area contributed by atoms with Crippen molar-refractivity contribution in [3.05, 3.63) is 40.3 Å². The summed E-state index contributed by atoms with van der Waals surface area (Å²) in [6, 6.07) is 8.22. The fourth-order valence-electron chi connectivity index (χ4n) is 2.04. The van der Waals surface area contributed by atoms with Gasteiger partial charge in [-0.15, -0.1) is 11.3 Å². The summed E-state index contributed by atoms with van der Waals surface area (Å²) >= 11 is 1.72. The lowest BCUT2D eigenvalue weighted by molar-refractivity contribution is 0.304. The molecule has 0 aliphatic heterocycles. The second-order valence-electron chi connectivity index (χ2n) is 6.44. The van der Waals surface area contributed by atoms with Crippen molar-refractivity contribution < 1.29 is 5.11 Å². The van der Waals surface area contributed by atoms with Crippen molar-refractivity contribution in [1.82, 2.24) is 4.98 Å². The Balaban J connectivity index is 1.93. The molecule has 0 spiro atoms. The molecular weight excluding hydrogens is 294 g/mol. The summed E-state index contributed by atoms with van der Waals surface area (Å²) < 4.78 is 0. The predicted octanol–water partition coefficient (Wildman–Crippen LogP) is 3.48. The second-order valence-corrected chi connectivity index (χ2v) is 7.30. The molecule has 2 aromatic rings. The molecule has 0 saturated heterocycles. The first kappa shape index (κ1) is 16.8. The fraction of sp³-hybridized carbons (Fsp3) is 0.471. The second kappa shape index (κ2) is 7.11. The summed E-state index contributed by atoms with van der Waals surface area (Å²) in [7, 11) is 1.97. The van der Waals surface area contributed by atoms with Crippen molar-refractivity contribution in [3.63, 3.8) is 0 Å². The number of aromatic nitrogens is 1. The standard InChI is InChI=1S/C17H25N3OS/c1-17(2,3)16-19-14(12-22-16)11-18-13-5-7-15(8-6-13)20(4)9-10-21/h5-8,12,18,21H,9-11H2,1-4H3. The van der Waals surface area contributed by atoms with Gasteiger partial charge in [-0.3, -0.25) is 0 Å². The third-order valence-corrected chi connectivity index (χ3v) is 4.73. The van der Waals surface area contributed by atoms with Gasteiger partial charge in [0.25, 0.3) is 0 Å².